The molecule has 1 aromatic heterocycles. The van der Waals surface area contributed by atoms with Crippen LogP contribution in [0.5, 0.6) is 0 Å². The largest absolute Gasteiger partial charge is 0.396 e. The lowest BCUT2D eigenvalue weighted by Crippen LogP contribution is -2.39. The van der Waals surface area contributed by atoms with E-state index < -0.39 is 0 Å². The van der Waals surface area contributed by atoms with Crippen LogP contribution in [-0.2, 0) is 0 Å². The van der Waals surface area contributed by atoms with Crippen molar-refractivity contribution in [2.24, 2.45) is 5.92 Å². The predicted molar refractivity (Wildman–Crippen MR) is 84.8 cm³/mol. The molecule has 2 rings (SSSR count). The maximum absolute atomic E-state index is 11.9. The van der Waals surface area contributed by atoms with Crippen LogP contribution < -0.4 is 5.32 Å². The van der Waals surface area contributed by atoms with E-state index in [9.17, 15) is 9.90 Å². The number of rotatable bonds is 6. The number of carbonyl (C=O) groups is 1. The van der Waals surface area contributed by atoms with E-state index in [4.69, 9.17) is 0 Å². The highest BCUT2D eigenvalue weighted by molar-refractivity contribution is 5.91. The van der Waals surface area contributed by atoms with E-state index in [-0.39, 0.29) is 12.5 Å². The van der Waals surface area contributed by atoms with Gasteiger partial charge in [-0.2, -0.15) is 0 Å². The van der Waals surface area contributed by atoms with Crippen molar-refractivity contribution in [2.75, 3.05) is 52.2 Å². The molecule has 0 radical (unpaired) electrons. The van der Waals surface area contributed by atoms with Crippen LogP contribution in [0, 0.1) is 5.92 Å². The van der Waals surface area contributed by atoms with Gasteiger partial charge in [0.2, 0.25) is 0 Å². The Morgan fingerprint density at radius 3 is 3.05 bits per heavy atom. The van der Waals surface area contributed by atoms with Crippen molar-refractivity contribution in [1.29, 1.82) is 0 Å². The molecule has 1 fully saturated rings. The molecule has 0 spiro atoms. The number of piperidine rings is 1. The summed E-state index contributed by atoms with van der Waals surface area (Å²) in [5, 5.41) is 12.5. The monoisotopic (exact) mass is 307 g/mol. The first-order chi connectivity index (χ1) is 10.6. The topological polar surface area (TPSA) is 81.6 Å². The molecule has 1 atom stereocenters. The SMILES string of the molecule is CN(C)C(=O)c1cncc(NCCN2CCCC(CO)C2)n1. The maximum atomic E-state index is 11.9. The third-order valence-electron chi connectivity index (χ3n) is 3.86. The van der Waals surface area contributed by atoms with Crippen LogP contribution in [-0.4, -0.2) is 77.7 Å². The number of likely N-dealkylation sites (tertiary alicyclic amines) is 1. The van der Waals surface area contributed by atoms with Gasteiger partial charge in [-0.25, -0.2) is 4.98 Å². The zero-order valence-electron chi connectivity index (χ0n) is 13.3. The van der Waals surface area contributed by atoms with Crippen molar-refractivity contribution in [3.05, 3.63) is 18.1 Å². The van der Waals surface area contributed by atoms with Gasteiger partial charge in [0.25, 0.3) is 5.91 Å². The highest BCUT2D eigenvalue weighted by Gasteiger charge is 2.18. The Kier molecular flexibility index (Phi) is 6.09. The summed E-state index contributed by atoms with van der Waals surface area (Å²) in [6, 6.07) is 0. The summed E-state index contributed by atoms with van der Waals surface area (Å²) in [6.45, 7) is 3.92. The molecule has 0 saturated carbocycles. The summed E-state index contributed by atoms with van der Waals surface area (Å²) in [7, 11) is 3.39. The van der Waals surface area contributed by atoms with Gasteiger partial charge in [0.05, 0.1) is 12.4 Å². The van der Waals surface area contributed by atoms with Crippen molar-refractivity contribution >= 4 is 11.7 Å². The lowest BCUT2D eigenvalue weighted by molar-refractivity contribution is 0.0821. The van der Waals surface area contributed by atoms with Crippen LogP contribution in [0.4, 0.5) is 5.82 Å². The van der Waals surface area contributed by atoms with E-state index in [2.05, 4.69) is 20.2 Å². The van der Waals surface area contributed by atoms with Crippen LogP contribution in [0.15, 0.2) is 12.4 Å². The minimum absolute atomic E-state index is 0.155. The number of aliphatic hydroxyl groups is 1. The van der Waals surface area contributed by atoms with Gasteiger partial charge in [0, 0.05) is 40.3 Å². The van der Waals surface area contributed by atoms with E-state index in [0.29, 0.717) is 17.4 Å². The minimum atomic E-state index is -0.155. The number of nitrogens with zero attached hydrogens (tertiary/aromatic N) is 4. The molecule has 0 aromatic carbocycles. The second-order valence-electron chi connectivity index (χ2n) is 5.91. The smallest absolute Gasteiger partial charge is 0.273 e. The van der Waals surface area contributed by atoms with E-state index in [1.54, 1.807) is 20.3 Å². The summed E-state index contributed by atoms with van der Waals surface area (Å²) < 4.78 is 0. The molecule has 22 heavy (non-hydrogen) atoms. The molecule has 1 aromatic rings. The molecule has 7 nitrogen and oxygen atoms in total. The van der Waals surface area contributed by atoms with E-state index in [0.717, 1.165) is 39.0 Å². The van der Waals surface area contributed by atoms with E-state index in [1.807, 2.05) is 0 Å². The zero-order chi connectivity index (χ0) is 15.9. The van der Waals surface area contributed by atoms with Gasteiger partial charge in [-0.15, -0.1) is 0 Å². The quantitative estimate of drug-likeness (QED) is 0.786. The van der Waals surface area contributed by atoms with Crippen LogP contribution >= 0.6 is 0 Å². The van der Waals surface area contributed by atoms with Crippen molar-refractivity contribution < 1.29 is 9.90 Å². The molecule has 1 unspecified atom stereocenters. The Bertz CT molecular complexity index is 495. The zero-order valence-corrected chi connectivity index (χ0v) is 13.3. The van der Waals surface area contributed by atoms with Gasteiger partial charge >= 0.3 is 0 Å². The fourth-order valence-corrected chi connectivity index (χ4v) is 2.63. The first-order valence-electron chi connectivity index (χ1n) is 7.71. The minimum Gasteiger partial charge on any atom is -0.396 e. The van der Waals surface area contributed by atoms with Crippen LogP contribution in [0.2, 0.25) is 0 Å². The first-order valence-corrected chi connectivity index (χ1v) is 7.71. The standard InChI is InChI=1S/C15H25N5O2/c1-19(2)15(22)13-8-16-9-14(18-13)17-5-7-20-6-3-4-12(10-20)11-21/h8-9,12,21H,3-7,10-11H2,1-2H3,(H,17,18). The molecule has 1 aliphatic heterocycles. The molecule has 122 valence electrons. The molecular formula is C15H25N5O2. The fourth-order valence-electron chi connectivity index (χ4n) is 2.63. The number of hydrogen-bond acceptors (Lipinski definition) is 6. The Morgan fingerprint density at radius 1 is 1.50 bits per heavy atom. The van der Waals surface area contributed by atoms with Gasteiger partial charge in [-0.3, -0.25) is 9.78 Å². The molecule has 2 N–H and O–H groups in total. The first kappa shape index (κ1) is 16.6. The number of anilines is 1. The van der Waals surface area contributed by atoms with Crippen LogP contribution in [0.1, 0.15) is 23.3 Å². The Morgan fingerprint density at radius 2 is 2.32 bits per heavy atom. The van der Waals surface area contributed by atoms with Crippen LogP contribution in [0.25, 0.3) is 0 Å². The van der Waals surface area contributed by atoms with E-state index in [1.165, 1.54) is 11.1 Å². The number of carbonyl (C=O) groups excluding carboxylic acids is 1. The molecule has 1 saturated heterocycles. The Balaban J connectivity index is 1.82. The van der Waals surface area contributed by atoms with Crippen molar-refractivity contribution in [3.63, 3.8) is 0 Å². The van der Waals surface area contributed by atoms with Gasteiger partial charge in [-0.05, 0) is 25.3 Å². The third-order valence-corrected chi connectivity index (χ3v) is 3.86. The highest BCUT2D eigenvalue weighted by Crippen LogP contribution is 2.15. The second-order valence-corrected chi connectivity index (χ2v) is 5.91. The van der Waals surface area contributed by atoms with Crippen molar-refractivity contribution in [3.8, 4) is 0 Å². The third kappa shape index (κ3) is 4.64. The molecule has 7 heteroatoms. The predicted octanol–water partition coefficient (Wildman–Crippen LogP) is 0.295. The number of aromatic nitrogens is 2. The number of hydrogen-bond donors (Lipinski definition) is 2. The summed E-state index contributed by atoms with van der Waals surface area (Å²) in [4.78, 5) is 24.0. The molecule has 0 aliphatic carbocycles. The molecular weight excluding hydrogens is 282 g/mol. The summed E-state index contributed by atoms with van der Waals surface area (Å²) >= 11 is 0. The van der Waals surface area contributed by atoms with E-state index >= 15 is 0 Å². The molecule has 1 aliphatic rings. The molecule has 2 heterocycles. The normalized spacial score (nSPS) is 19.0. The molecule has 0 bridgehead atoms. The summed E-state index contributed by atoms with van der Waals surface area (Å²) in [5.74, 6) is 0.857. The van der Waals surface area contributed by atoms with Crippen molar-refractivity contribution in [2.45, 2.75) is 12.8 Å². The lowest BCUT2D eigenvalue weighted by atomic mass is 9.99. The van der Waals surface area contributed by atoms with Crippen molar-refractivity contribution in [1.82, 2.24) is 19.8 Å². The average Bonchev–Trinajstić information content (AvgIpc) is 2.54. The highest BCUT2D eigenvalue weighted by atomic mass is 16.3. The average molecular weight is 307 g/mol. The van der Waals surface area contributed by atoms with Gasteiger partial charge < -0.3 is 20.2 Å². The Hall–Kier alpha value is -1.73. The summed E-state index contributed by atoms with van der Waals surface area (Å²) in [6.07, 6.45) is 5.35. The number of nitrogens with one attached hydrogen (secondary N) is 1. The van der Waals surface area contributed by atoms with Gasteiger partial charge in [-0.1, -0.05) is 0 Å². The second kappa shape index (κ2) is 8.05. The Labute approximate surface area is 131 Å². The summed E-state index contributed by atoms with van der Waals surface area (Å²) in [5.41, 5.74) is 0.341. The maximum Gasteiger partial charge on any atom is 0.273 e. The molecule has 1 amide bonds. The van der Waals surface area contributed by atoms with Gasteiger partial charge in [0.15, 0.2) is 0 Å². The van der Waals surface area contributed by atoms with Gasteiger partial charge in [0.1, 0.15) is 11.5 Å². The van der Waals surface area contributed by atoms with Crippen LogP contribution in [0.3, 0.4) is 0 Å². The number of aliphatic hydroxyl groups excluding tert-OH is 1. The fraction of sp³-hybridized carbons (Fsp3) is 0.667. The number of amides is 1. The lowest BCUT2D eigenvalue weighted by Gasteiger charge is -2.31.